The maximum Gasteiger partial charge on any atom is 0.209 e. The van der Waals surface area contributed by atoms with Crippen molar-refractivity contribution in [3.05, 3.63) is 22.7 Å². The van der Waals surface area contributed by atoms with E-state index in [1.54, 1.807) is 29.6 Å². The Balaban J connectivity index is 1.89. The Morgan fingerprint density at radius 1 is 1.39 bits per heavy atom. The Hall–Kier alpha value is -1.51. The van der Waals surface area contributed by atoms with E-state index in [1.807, 2.05) is 20.0 Å². The Morgan fingerprint density at radius 2 is 2.22 bits per heavy atom. The van der Waals surface area contributed by atoms with Crippen LogP contribution in [0.3, 0.4) is 0 Å². The third kappa shape index (κ3) is 4.98. The average Bonchev–Trinajstić information content (AvgIpc) is 2.94. The first-order chi connectivity index (χ1) is 11.2. The third-order valence-corrected chi connectivity index (χ3v) is 4.24. The number of aryl methyl sites for hydroxylation is 1. The van der Waals surface area contributed by atoms with Crippen molar-refractivity contribution in [1.82, 2.24) is 25.5 Å². The molecular weight excluding hydrogens is 338 g/mol. The first-order valence-corrected chi connectivity index (χ1v) is 8.57. The second kappa shape index (κ2) is 8.95. The monoisotopic (exact) mass is 357 g/mol. The second-order valence-electron chi connectivity index (χ2n) is 4.64. The number of rotatable bonds is 9. The van der Waals surface area contributed by atoms with Gasteiger partial charge in [-0.15, -0.1) is 5.10 Å². The van der Waals surface area contributed by atoms with Gasteiger partial charge in [0.25, 0.3) is 0 Å². The van der Waals surface area contributed by atoms with Crippen LogP contribution in [0.4, 0.5) is 0 Å². The number of ether oxygens (including phenoxy) is 2. The third-order valence-electron chi connectivity index (χ3n) is 3.01. The molecule has 0 bridgehead atoms. The van der Waals surface area contributed by atoms with Gasteiger partial charge in [-0.05, 0) is 23.4 Å². The van der Waals surface area contributed by atoms with Gasteiger partial charge in [-0.2, -0.15) is 0 Å². The van der Waals surface area contributed by atoms with Crippen molar-refractivity contribution >= 4 is 23.4 Å². The molecule has 1 heterocycles. The van der Waals surface area contributed by atoms with E-state index in [1.165, 1.54) is 0 Å². The van der Waals surface area contributed by atoms with Gasteiger partial charge in [0.1, 0.15) is 0 Å². The van der Waals surface area contributed by atoms with Crippen molar-refractivity contribution in [2.75, 3.05) is 26.0 Å². The number of halogens is 1. The summed E-state index contributed by atoms with van der Waals surface area (Å²) in [5.74, 6) is 2.24. The van der Waals surface area contributed by atoms with E-state index in [2.05, 4.69) is 20.8 Å². The number of benzene rings is 1. The molecule has 2 rings (SSSR count). The van der Waals surface area contributed by atoms with E-state index >= 15 is 0 Å². The topological polar surface area (TPSA) is 74.1 Å². The predicted octanol–water partition coefficient (Wildman–Crippen LogP) is 2.15. The van der Waals surface area contributed by atoms with Gasteiger partial charge in [-0.1, -0.05) is 23.4 Å². The first kappa shape index (κ1) is 17.8. The normalized spacial score (nSPS) is 10.8. The van der Waals surface area contributed by atoms with Crippen LogP contribution in [0.15, 0.2) is 17.3 Å². The van der Waals surface area contributed by atoms with Crippen molar-refractivity contribution in [3.8, 4) is 11.5 Å². The highest BCUT2D eigenvalue weighted by molar-refractivity contribution is 7.99. The standard InChI is InChI=1S/C14H20ClN5O2S/c1-4-22-13-10(7-11(15)8-12(13)21-3)9-16-5-6-23-14-17-18-19-20(14)2/h7-8,16H,4-6,9H2,1-3H3. The van der Waals surface area contributed by atoms with Crippen LogP contribution >= 0.6 is 23.4 Å². The first-order valence-electron chi connectivity index (χ1n) is 7.20. The Labute approximate surface area is 144 Å². The average molecular weight is 358 g/mol. The zero-order chi connectivity index (χ0) is 16.7. The fraction of sp³-hybridized carbons (Fsp3) is 0.500. The van der Waals surface area contributed by atoms with Crippen molar-refractivity contribution in [1.29, 1.82) is 0 Å². The molecule has 0 atom stereocenters. The minimum absolute atomic E-state index is 0.569. The molecule has 0 spiro atoms. The van der Waals surface area contributed by atoms with Gasteiger partial charge in [0.2, 0.25) is 5.16 Å². The molecule has 23 heavy (non-hydrogen) atoms. The zero-order valence-corrected chi connectivity index (χ0v) is 14.9. The summed E-state index contributed by atoms with van der Waals surface area (Å²) in [6.45, 7) is 3.96. The van der Waals surface area contributed by atoms with E-state index in [0.29, 0.717) is 23.9 Å². The van der Waals surface area contributed by atoms with Crippen LogP contribution in [0.5, 0.6) is 11.5 Å². The number of nitrogens with one attached hydrogen (secondary N) is 1. The summed E-state index contributed by atoms with van der Waals surface area (Å²) in [7, 11) is 3.43. The lowest BCUT2D eigenvalue weighted by atomic mass is 10.2. The quantitative estimate of drug-likeness (QED) is 0.544. The molecule has 1 aromatic carbocycles. The summed E-state index contributed by atoms with van der Waals surface area (Å²) in [5.41, 5.74) is 0.974. The summed E-state index contributed by atoms with van der Waals surface area (Å²) < 4.78 is 12.7. The van der Waals surface area contributed by atoms with E-state index < -0.39 is 0 Å². The second-order valence-corrected chi connectivity index (χ2v) is 6.14. The van der Waals surface area contributed by atoms with Gasteiger partial charge in [-0.3, -0.25) is 0 Å². The number of aromatic nitrogens is 4. The lowest BCUT2D eigenvalue weighted by Gasteiger charge is -2.15. The van der Waals surface area contributed by atoms with E-state index in [9.17, 15) is 0 Å². The number of hydrogen-bond donors (Lipinski definition) is 1. The molecule has 0 aliphatic carbocycles. The van der Waals surface area contributed by atoms with Gasteiger partial charge in [-0.25, -0.2) is 4.68 Å². The molecule has 7 nitrogen and oxygen atoms in total. The Morgan fingerprint density at radius 3 is 2.87 bits per heavy atom. The number of nitrogens with zero attached hydrogens (tertiary/aromatic N) is 4. The molecule has 1 N–H and O–H groups in total. The van der Waals surface area contributed by atoms with Gasteiger partial charge < -0.3 is 14.8 Å². The summed E-state index contributed by atoms with van der Waals surface area (Å²) >= 11 is 7.73. The van der Waals surface area contributed by atoms with E-state index in [-0.39, 0.29) is 0 Å². The van der Waals surface area contributed by atoms with Crippen LogP contribution in [0.25, 0.3) is 0 Å². The molecule has 0 radical (unpaired) electrons. The fourth-order valence-corrected chi connectivity index (χ4v) is 2.97. The molecule has 0 aliphatic heterocycles. The van der Waals surface area contributed by atoms with Crippen molar-refractivity contribution in [3.63, 3.8) is 0 Å². The highest BCUT2D eigenvalue weighted by Crippen LogP contribution is 2.34. The van der Waals surface area contributed by atoms with Crippen molar-refractivity contribution < 1.29 is 9.47 Å². The highest BCUT2D eigenvalue weighted by Gasteiger charge is 2.12. The van der Waals surface area contributed by atoms with E-state index in [0.717, 1.165) is 28.8 Å². The SMILES string of the molecule is CCOc1c(CNCCSc2nnnn2C)cc(Cl)cc1OC. The van der Waals surface area contributed by atoms with Crippen LogP contribution in [0.1, 0.15) is 12.5 Å². The highest BCUT2D eigenvalue weighted by atomic mass is 35.5. The maximum absolute atomic E-state index is 6.13. The Kier molecular flexibility index (Phi) is 6.94. The minimum atomic E-state index is 0.569. The van der Waals surface area contributed by atoms with Crippen LogP contribution in [0.2, 0.25) is 5.02 Å². The number of hydrogen-bond acceptors (Lipinski definition) is 7. The lowest BCUT2D eigenvalue weighted by Crippen LogP contribution is -2.17. The number of thioether (sulfide) groups is 1. The molecule has 0 saturated heterocycles. The van der Waals surface area contributed by atoms with E-state index in [4.69, 9.17) is 21.1 Å². The van der Waals surface area contributed by atoms with Crippen molar-refractivity contribution in [2.24, 2.45) is 7.05 Å². The summed E-state index contributed by atoms with van der Waals surface area (Å²) in [6, 6.07) is 3.65. The van der Waals surface area contributed by atoms with Crippen LogP contribution in [-0.2, 0) is 13.6 Å². The van der Waals surface area contributed by atoms with Crippen LogP contribution < -0.4 is 14.8 Å². The predicted molar refractivity (Wildman–Crippen MR) is 90.4 cm³/mol. The molecule has 9 heteroatoms. The molecular formula is C14H20ClN5O2S. The van der Waals surface area contributed by atoms with Gasteiger partial charge in [0.05, 0.1) is 13.7 Å². The molecule has 0 saturated carbocycles. The minimum Gasteiger partial charge on any atom is -0.493 e. The molecule has 0 amide bonds. The largest absolute Gasteiger partial charge is 0.493 e. The summed E-state index contributed by atoms with van der Waals surface area (Å²) in [5, 5.41) is 16.1. The smallest absolute Gasteiger partial charge is 0.209 e. The molecule has 126 valence electrons. The number of methoxy groups -OCH3 is 1. The molecule has 2 aromatic rings. The maximum atomic E-state index is 6.13. The van der Waals surface area contributed by atoms with Gasteiger partial charge in [0, 0.05) is 42.5 Å². The zero-order valence-electron chi connectivity index (χ0n) is 13.4. The van der Waals surface area contributed by atoms with Gasteiger partial charge >= 0.3 is 0 Å². The molecule has 0 aliphatic rings. The van der Waals surface area contributed by atoms with Crippen molar-refractivity contribution in [2.45, 2.75) is 18.6 Å². The van der Waals surface area contributed by atoms with Crippen LogP contribution in [-0.4, -0.2) is 46.2 Å². The molecule has 0 unspecified atom stereocenters. The molecule has 0 fully saturated rings. The fourth-order valence-electron chi connectivity index (χ4n) is 1.99. The molecule has 1 aromatic heterocycles. The van der Waals surface area contributed by atoms with Crippen LogP contribution in [0, 0.1) is 0 Å². The summed E-state index contributed by atoms with van der Waals surface area (Å²) in [6.07, 6.45) is 0. The van der Waals surface area contributed by atoms with Gasteiger partial charge in [0.15, 0.2) is 11.5 Å². The number of tetrazole rings is 1. The Bertz CT molecular complexity index is 638. The lowest BCUT2D eigenvalue weighted by molar-refractivity contribution is 0.307. The summed E-state index contributed by atoms with van der Waals surface area (Å²) in [4.78, 5) is 0.